The molecule has 1 heterocycles. The largest absolute Gasteiger partial charge is 0.496 e. The number of para-hydroxylation sites is 2. The zero-order valence-corrected chi connectivity index (χ0v) is 12.0. The van der Waals surface area contributed by atoms with E-state index >= 15 is 0 Å². The fourth-order valence-corrected chi connectivity index (χ4v) is 2.40. The summed E-state index contributed by atoms with van der Waals surface area (Å²) >= 11 is 0. The Bertz CT molecular complexity index is 688. The van der Waals surface area contributed by atoms with Gasteiger partial charge in [0.05, 0.1) is 31.9 Å². The predicted octanol–water partition coefficient (Wildman–Crippen LogP) is 3.76. The molecule has 0 bridgehead atoms. The minimum Gasteiger partial charge on any atom is -0.496 e. The Morgan fingerprint density at radius 2 is 1.38 bits per heavy atom. The molecule has 0 amide bonds. The molecule has 1 aromatic heterocycles. The number of aromatic amines is 1. The summed E-state index contributed by atoms with van der Waals surface area (Å²) in [5, 5.41) is 0. The summed E-state index contributed by atoms with van der Waals surface area (Å²) in [6, 6.07) is 15.7. The molecule has 3 rings (SSSR count). The first-order valence-corrected chi connectivity index (χ1v) is 6.65. The van der Waals surface area contributed by atoms with Gasteiger partial charge >= 0.3 is 0 Å². The summed E-state index contributed by atoms with van der Waals surface area (Å²) in [6.45, 7) is 0. The van der Waals surface area contributed by atoms with E-state index in [1.54, 1.807) is 20.5 Å². The lowest BCUT2D eigenvalue weighted by molar-refractivity contribution is 0.415. The van der Waals surface area contributed by atoms with Crippen molar-refractivity contribution in [2.24, 2.45) is 0 Å². The lowest BCUT2D eigenvalue weighted by Crippen LogP contribution is -1.92. The molecule has 0 radical (unpaired) electrons. The van der Waals surface area contributed by atoms with Crippen molar-refractivity contribution in [3.8, 4) is 34.0 Å². The summed E-state index contributed by atoms with van der Waals surface area (Å²) in [7, 11) is 3.33. The van der Waals surface area contributed by atoms with E-state index in [9.17, 15) is 0 Å². The maximum absolute atomic E-state index is 5.44. The molecule has 3 aromatic rings. The molecule has 1 N–H and O–H groups in total. The van der Waals surface area contributed by atoms with Crippen LogP contribution in [0.25, 0.3) is 22.5 Å². The van der Waals surface area contributed by atoms with Crippen molar-refractivity contribution < 1.29 is 9.47 Å². The maximum atomic E-state index is 5.44. The topological polar surface area (TPSA) is 47.1 Å². The Morgan fingerprint density at radius 3 is 2.05 bits per heavy atom. The summed E-state index contributed by atoms with van der Waals surface area (Å²) in [5.41, 5.74) is 3.68. The van der Waals surface area contributed by atoms with Gasteiger partial charge in [0.2, 0.25) is 0 Å². The normalized spacial score (nSPS) is 10.4. The van der Waals surface area contributed by atoms with Crippen molar-refractivity contribution in [3.05, 3.63) is 54.9 Å². The molecule has 0 unspecified atom stereocenters. The summed E-state index contributed by atoms with van der Waals surface area (Å²) in [6.07, 6.45) is 1.68. The number of hydrogen-bond donors (Lipinski definition) is 1. The number of H-pyrrole nitrogens is 1. The highest BCUT2D eigenvalue weighted by molar-refractivity contribution is 5.83. The first kappa shape index (κ1) is 13.2. The van der Waals surface area contributed by atoms with E-state index in [4.69, 9.17) is 9.47 Å². The van der Waals surface area contributed by atoms with Crippen LogP contribution in [0.15, 0.2) is 54.9 Å². The average Bonchev–Trinajstić information content (AvgIpc) is 3.04. The van der Waals surface area contributed by atoms with Crippen LogP contribution in [-0.4, -0.2) is 24.2 Å². The molecule has 0 saturated heterocycles. The zero-order valence-electron chi connectivity index (χ0n) is 12.0. The second-order valence-corrected chi connectivity index (χ2v) is 4.53. The molecule has 106 valence electrons. The zero-order chi connectivity index (χ0) is 14.7. The van der Waals surface area contributed by atoms with Gasteiger partial charge in [0, 0.05) is 11.1 Å². The van der Waals surface area contributed by atoms with Gasteiger partial charge in [-0.1, -0.05) is 24.3 Å². The van der Waals surface area contributed by atoms with E-state index in [1.165, 1.54) is 0 Å². The number of rotatable bonds is 4. The van der Waals surface area contributed by atoms with Crippen LogP contribution in [0.2, 0.25) is 0 Å². The van der Waals surface area contributed by atoms with Gasteiger partial charge in [-0.05, 0) is 24.3 Å². The van der Waals surface area contributed by atoms with Crippen molar-refractivity contribution in [1.82, 2.24) is 9.97 Å². The number of aromatic nitrogens is 2. The molecule has 4 heteroatoms. The van der Waals surface area contributed by atoms with Crippen LogP contribution < -0.4 is 9.47 Å². The van der Waals surface area contributed by atoms with E-state index in [0.29, 0.717) is 0 Å². The molecule has 4 nitrogen and oxygen atoms in total. The van der Waals surface area contributed by atoms with Crippen LogP contribution in [0.1, 0.15) is 0 Å². The van der Waals surface area contributed by atoms with Gasteiger partial charge in [-0.2, -0.15) is 0 Å². The smallest absolute Gasteiger partial charge is 0.128 e. The molecule has 0 fully saturated rings. The van der Waals surface area contributed by atoms with Crippen molar-refractivity contribution in [2.45, 2.75) is 0 Å². The molecular weight excluding hydrogens is 264 g/mol. The van der Waals surface area contributed by atoms with Crippen LogP contribution >= 0.6 is 0 Å². The Morgan fingerprint density at radius 1 is 0.810 bits per heavy atom. The number of imidazole rings is 1. The minimum atomic E-state index is 0.792. The Labute approximate surface area is 123 Å². The van der Waals surface area contributed by atoms with E-state index in [0.717, 1.165) is 34.0 Å². The number of methoxy groups -OCH3 is 2. The SMILES string of the molecule is COc1ccccc1-c1nc[nH]c1-c1ccccc1OC. The third-order valence-corrected chi connectivity index (χ3v) is 3.38. The number of nitrogens with one attached hydrogen (secondary N) is 1. The van der Waals surface area contributed by atoms with E-state index in [1.807, 2.05) is 48.5 Å². The van der Waals surface area contributed by atoms with E-state index in [2.05, 4.69) is 9.97 Å². The van der Waals surface area contributed by atoms with Gasteiger partial charge < -0.3 is 14.5 Å². The predicted molar refractivity (Wildman–Crippen MR) is 82.6 cm³/mol. The van der Waals surface area contributed by atoms with Gasteiger partial charge in [0.25, 0.3) is 0 Å². The highest BCUT2D eigenvalue weighted by Gasteiger charge is 2.16. The number of nitrogens with zero attached hydrogens (tertiary/aromatic N) is 1. The molecule has 21 heavy (non-hydrogen) atoms. The average molecular weight is 280 g/mol. The van der Waals surface area contributed by atoms with E-state index in [-0.39, 0.29) is 0 Å². The van der Waals surface area contributed by atoms with Gasteiger partial charge in [-0.25, -0.2) is 4.98 Å². The van der Waals surface area contributed by atoms with Crippen LogP contribution in [0.3, 0.4) is 0 Å². The maximum Gasteiger partial charge on any atom is 0.128 e. The van der Waals surface area contributed by atoms with Crippen molar-refractivity contribution in [1.29, 1.82) is 0 Å². The van der Waals surface area contributed by atoms with Crippen LogP contribution in [0.5, 0.6) is 11.5 Å². The first-order chi connectivity index (χ1) is 10.3. The Hall–Kier alpha value is -2.75. The second kappa shape index (κ2) is 5.71. The molecule has 0 saturated carbocycles. The molecule has 0 aliphatic heterocycles. The molecule has 2 aromatic carbocycles. The monoisotopic (exact) mass is 280 g/mol. The highest BCUT2D eigenvalue weighted by atomic mass is 16.5. The fourth-order valence-electron chi connectivity index (χ4n) is 2.40. The van der Waals surface area contributed by atoms with Gasteiger partial charge in [0.15, 0.2) is 0 Å². The summed E-state index contributed by atoms with van der Waals surface area (Å²) in [5.74, 6) is 1.60. The third-order valence-electron chi connectivity index (χ3n) is 3.38. The molecule has 0 aliphatic carbocycles. The fraction of sp³-hybridized carbons (Fsp3) is 0.118. The van der Waals surface area contributed by atoms with Gasteiger partial charge in [-0.15, -0.1) is 0 Å². The first-order valence-electron chi connectivity index (χ1n) is 6.65. The quantitative estimate of drug-likeness (QED) is 0.791. The number of ether oxygens (including phenoxy) is 2. The van der Waals surface area contributed by atoms with Gasteiger partial charge in [-0.3, -0.25) is 0 Å². The second-order valence-electron chi connectivity index (χ2n) is 4.53. The van der Waals surface area contributed by atoms with Crippen LogP contribution in [0.4, 0.5) is 0 Å². The standard InChI is InChI=1S/C17H16N2O2/c1-20-14-9-5-3-7-12(14)16-17(19-11-18-16)13-8-4-6-10-15(13)21-2/h3-11H,1-2H3,(H,18,19). The van der Waals surface area contributed by atoms with E-state index < -0.39 is 0 Å². The van der Waals surface area contributed by atoms with Gasteiger partial charge in [0.1, 0.15) is 11.5 Å². The molecular formula is C17H16N2O2. The summed E-state index contributed by atoms with van der Waals surface area (Å²) in [4.78, 5) is 7.66. The van der Waals surface area contributed by atoms with Crippen molar-refractivity contribution in [3.63, 3.8) is 0 Å². The number of benzene rings is 2. The highest BCUT2D eigenvalue weighted by Crippen LogP contribution is 2.37. The summed E-state index contributed by atoms with van der Waals surface area (Å²) < 4.78 is 10.9. The Balaban J connectivity index is 2.18. The molecule has 0 spiro atoms. The third kappa shape index (κ3) is 2.36. The number of hydrogen-bond acceptors (Lipinski definition) is 3. The Kier molecular flexibility index (Phi) is 3.60. The van der Waals surface area contributed by atoms with Crippen molar-refractivity contribution in [2.75, 3.05) is 14.2 Å². The minimum absolute atomic E-state index is 0.792. The lowest BCUT2D eigenvalue weighted by Gasteiger charge is -2.10. The molecule has 0 atom stereocenters. The lowest BCUT2D eigenvalue weighted by atomic mass is 10.0. The van der Waals surface area contributed by atoms with Crippen molar-refractivity contribution >= 4 is 0 Å². The molecule has 0 aliphatic rings. The van der Waals surface area contributed by atoms with Crippen LogP contribution in [0, 0.1) is 0 Å². The van der Waals surface area contributed by atoms with Crippen LogP contribution in [-0.2, 0) is 0 Å².